The van der Waals surface area contributed by atoms with Gasteiger partial charge in [-0.15, -0.1) is 0 Å². The molecule has 0 N–H and O–H groups in total. The Morgan fingerprint density at radius 2 is 2.00 bits per heavy atom. The van der Waals surface area contributed by atoms with E-state index in [1.54, 1.807) is 7.05 Å². The van der Waals surface area contributed by atoms with Crippen LogP contribution in [0.2, 0.25) is 0 Å². The Labute approximate surface area is 116 Å². The van der Waals surface area contributed by atoms with E-state index >= 15 is 0 Å². The van der Waals surface area contributed by atoms with Gasteiger partial charge in [0.15, 0.2) is 0 Å². The Morgan fingerprint density at radius 1 is 1.25 bits per heavy atom. The van der Waals surface area contributed by atoms with E-state index in [1.165, 1.54) is 4.68 Å². The monoisotopic (exact) mass is 267 g/mol. The molecule has 1 aromatic carbocycles. The lowest BCUT2D eigenvalue weighted by molar-refractivity contribution is 0.579. The van der Waals surface area contributed by atoms with Crippen LogP contribution in [0.5, 0.6) is 0 Å². The van der Waals surface area contributed by atoms with Crippen LogP contribution in [0.15, 0.2) is 27.4 Å². The van der Waals surface area contributed by atoms with Gasteiger partial charge in [0.25, 0.3) is 5.56 Å². The summed E-state index contributed by atoms with van der Waals surface area (Å²) in [6.07, 6.45) is 0. The molecular formula is C16H15N2O2. The maximum atomic E-state index is 12.3. The molecule has 0 aliphatic heterocycles. The van der Waals surface area contributed by atoms with Gasteiger partial charge in [0.2, 0.25) is 0 Å². The first kappa shape index (κ1) is 12.7. The first-order valence-corrected chi connectivity index (χ1v) is 6.44. The third-order valence-electron chi connectivity index (χ3n) is 3.38. The van der Waals surface area contributed by atoms with Gasteiger partial charge < -0.3 is 4.42 Å². The minimum atomic E-state index is -0.164. The van der Waals surface area contributed by atoms with Crippen molar-refractivity contribution in [2.75, 3.05) is 0 Å². The molecule has 20 heavy (non-hydrogen) atoms. The van der Waals surface area contributed by atoms with E-state index < -0.39 is 0 Å². The number of benzene rings is 1. The normalized spacial score (nSPS) is 11.2. The smallest absolute Gasteiger partial charge is 0.275 e. The highest BCUT2D eigenvalue weighted by Gasteiger charge is 2.17. The van der Waals surface area contributed by atoms with Crippen molar-refractivity contribution in [3.05, 3.63) is 51.6 Å². The van der Waals surface area contributed by atoms with Crippen molar-refractivity contribution in [3.8, 4) is 11.1 Å². The molecule has 2 heterocycles. The molecule has 3 aromatic rings. The predicted octanol–water partition coefficient (Wildman–Crippen LogP) is 2.92. The van der Waals surface area contributed by atoms with E-state index in [1.807, 2.05) is 39.0 Å². The van der Waals surface area contributed by atoms with Crippen LogP contribution in [0.1, 0.15) is 17.0 Å². The number of furan rings is 1. The van der Waals surface area contributed by atoms with Crippen molar-refractivity contribution >= 4 is 11.0 Å². The first-order valence-electron chi connectivity index (χ1n) is 6.44. The molecule has 0 saturated heterocycles. The lowest BCUT2D eigenvalue weighted by Gasteiger charge is -2.04. The van der Waals surface area contributed by atoms with Gasteiger partial charge in [-0.1, -0.05) is 11.6 Å². The van der Waals surface area contributed by atoms with Crippen LogP contribution < -0.4 is 5.56 Å². The zero-order valence-corrected chi connectivity index (χ0v) is 11.9. The molecule has 4 nitrogen and oxygen atoms in total. The van der Waals surface area contributed by atoms with Crippen LogP contribution in [0.4, 0.5) is 0 Å². The molecule has 0 aliphatic rings. The molecule has 0 atom stereocenters. The average Bonchev–Trinajstić information content (AvgIpc) is 2.69. The number of aryl methyl sites for hydroxylation is 4. The van der Waals surface area contributed by atoms with Crippen LogP contribution in [0.3, 0.4) is 0 Å². The fourth-order valence-electron chi connectivity index (χ4n) is 2.51. The van der Waals surface area contributed by atoms with Gasteiger partial charge in [-0.2, -0.15) is 5.10 Å². The van der Waals surface area contributed by atoms with Crippen LogP contribution >= 0.6 is 0 Å². The summed E-state index contributed by atoms with van der Waals surface area (Å²) >= 11 is 0. The van der Waals surface area contributed by atoms with E-state index in [0.717, 1.165) is 27.9 Å². The van der Waals surface area contributed by atoms with Crippen molar-refractivity contribution in [2.45, 2.75) is 20.8 Å². The highest BCUT2D eigenvalue weighted by molar-refractivity contribution is 5.95. The minimum absolute atomic E-state index is 0.164. The molecule has 0 bridgehead atoms. The largest absolute Gasteiger partial charge is 0.461 e. The summed E-state index contributed by atoms with van der Waals surface area (Å²) in [7, 11) is 1.65. The maximum Gasteiger partial charge on any atom is 0.275 e. The van der Waals surface area contributed by atoms with Gasteiger partial charge in [-0.05, 0) is 32.9 Å². The maximum absolute atomic E-state index is 12.3. The fraction of sp³-hybridized carbons (Fsp3) is 0.250. The second-order valence-electron chi connectivity index (χ2n) is 5.05. The van der Waals surface area contributed by atoms with Crippen LogP contribution in [-0.2, 0) is 7.05 Å². The Hall–Kier alpha value is -2.36. The highest BCUT2D eigenvalue weighted by Crippen LogP contribution is 2.33. The summed E-state index contributed by atoms with van der Waals surface area (Å²) in [4.78, 5) is 12.3. The van der Waals surface area contributed by atoms with Crippen molar-refractivity contribution in [2.24, 2.45) is 7.05 Å². The lowest BCUT2D eigenvalue weighted by atomic mass is 10.0. The minimum Gasteiger partial charge on any atom is -0.461 e. The summed E-state index contributed by atoms with van der Waals surface area (Å²) < 4.78 is 7.10. The summed E-state index contributed by atoms with van der Waals surface area (Å²) in [5.74, 6) is 0.726. The molecule has 1 radical (unpaired) electrons. The van der Waals surface area contributed by atoms with Crippen molar-refractivity contribution < 1.29 is 4.42 Å². The third kappa shape index (κ3) is 1.84. The average molecular weight is 267 g/mol. The molecule has 3 rings (SSSR count). The molecule has 0 unspecified atom stereocenters. The van der Waals surface area contributed by atoms with Gasteiger partial charge in [-0.3, -0.25) is 4.79 Å². The van der Waals surface area contributed by atoms with Gasteiger partial charge in [0, 0.05) is 24.1 Å². The summed E-state index contributed by atoms with van der Waals surface area (Å²) in [5.41, 5.74) is 3.76. The Morgan fingerprint density at radius 3 is 2.75 bits per heavy atom. The van der Waals surface area contributed by atoms with Crippen LogP contribution in [-0.4, -0.2) is 9.78 Å². The number of hydrogen-bond donors (Lipinski definition) is 0. The number of aromatic nitrogens is 2. The van der Waals surface area contributed by atoms with Gasteiger partial charge in [0.05, 0.1) is 11.3 Å². The molecule has 0 fully saturated rings. The number of rotatable bonds is 1. The second-order valence-corrected chi connectivity index (χ2v) is 5.05. The fourth-order valence-corrected chi connectivity index (χ4v) is 2.51. The molecule has 101 valence electrons. The first-order chi connectivity index (χ1) is 9.47. The Balaban J connectivity index is 2.43. The van der Waals surface area contributed by atoms with Gasteiger partial charge >= 0.3 is 0 Å². The van der Waals surface area contributed by atoms with Crippen LogP contribution in [0.25, 0.3) is 22.1 Å². The van der Waals surface area contributed by atoms with Crippen LogP contribution in [0, 0.1) is 26.8 Å². The summed E-state index contributed by atoms with van der Waals surface area (Å²) in [6, 6.07) is 9.02. The zero-order valence-electron chi connectivity index (χ0n) is 11.9. The van der Waals surface area contributed by atoms with E-state index in [-0.39, 0.29) is 5.56 Å². The van der Waals surface area contributed by atoms with E-state index in [2.05, 4.69) is 11.2 Å². The quantitative estimate of drug-likeness (QED) is 0.681. The molecule has 0 aliphatic carbocycles. The molecule has 0 amide bonds. The summed E-state index contributed by atoms with van der Waals surface area (Å²) in [6.45, 7) is 5.71. The number of fused-ring (bicyclic) bond motifs is 1. The topological polar surface area (TPSA) is 48.0 Å². The van der Waals surface area contributed by atoms with E-state index in [9.17, 15) is 4.79 Å². The Kier molecular flexibility index (Phi) is 2.74. The molecule has 0 spiro atoms. The molecule has 4 heteroatoms. The second kappa shape index (κ2) is 4.34. The molecular weight excluding hydrogens is 252 g/mol. The highest BCUT2D eigenvalue weighted by atomic mass is 16.3. The van der Waals surface area contributed by atoms with E-state index in [0.29, 0.717) is 11.3 Å². The van der Waals surface area contributed by atoms with Gasteiger partial charge in [-0.25, -0.2) is 4.68 Å². The summed E-state index contributed by atoms with van der Waals surface area (Å²) in [5, 5.41) is 5.03. The predicted molar refractivity (Wildman–Crippen MR) is 77.7 cm³/mol. The third-order valence-corrected chi connectivity index (χ3v) is 3.38. The standard InChI is InChI=1S/C16H15N2O2/c1-9-5-6-14-12(7-9)15(11(3)20-14)13-8-10(2)17-18(4)16(13)19/h5-7H,1-4H3. The Bertz CT molecular complexity index is 872. The van der Waals surface area contributed by atoms with Crippen molar-refractivity contribution in [3.63, 3.8) is 0 Å². The molecule has 0 saturated carbocycles. The SMILES string of the molecule is Cc1ccc2oc(C)c(-c3[c]c(C)nn(C)c3=O)c2c1. The number of nitrogens with zero attached hydrogens (tertiary/aromatic N) is 2. The van der Waals surface area contributed by atoms with Crippen molar-refractivity contribution in [1.82, 2.24) is 9.78 Å². The molecule has 2 aromatic heterocycles. The number of hydrogen-bond acceptors (Lipinski definition) is 3. The lowest BCUT2D eigenvalue weighted by Crippen LogP contribution is -2.22. The van der Waals surface area contributed by atoms with Crippen molar-refractivity contribution in [1.29, 1.82) is 0 Å². The van der Waals surface area contributed by atoms with Gasteiger partial charge in [0.1, 0.15) is 11.3 Å². The van der Waals surface area contributed by atoms with E-state index in [4.69, 9.17) is 4.42 Å². The zero-order chi connectivity index (χ0) is 14.4.